The van der Waals surface area contributed by atoms with Crippen LogP contribution in [0, 0.1) is 6.92 Å². The minimum Gasteiger partial charge on any atom is -0.384 e. The molecule has 0 bridgehead atoms. The second kappa shape index (κ2) is 5.42. The van der Waals surface area contributed by atoms with E-state index in [4.69, 9.17) is 17.3 Å². The third-order valence-electron chi connectivity index (χ3n) is 3.11. The quantitative estimate of drug-likeness (QED) is 0.752. The normalized spacial score (nSPS) is 11.7. The highest BCUT2D eigenvalue weighted by atomic mass is 35.5. The first-order valence-electron chi connectivity index (χ1n) is 6.31. The zero-order chi connectivity index (χ0) is 15.9. The molecule has 0 aliphatic carbocycles. The highest BCUT2D eigenvalue weighted by Crippen LogP contribution is 2.36. The molecule has 0 aliphatic rings. The van der Waals surface area contributed by atoms with Gasteiger partial charge in [-0.2, -0.15) is 0 Å². The van der Waals surface area contributed by atoms with Crippen LogP contribution in [-0.2, 0) is 10.0 Å². The number of hydrogen-bond acceptors (Lipinski definition) is 5. The Morgan fingerprint density at radius 3 is 2.77 bits per heavy atom. The van der Waals surface area contributed by atoms with Crippen LogP contribution < -0.4 is 10.5 Å². The lowest BCUT2D eigenvalue weighted by atomic mass is 10.2. The Hall–Kier alpha value is -1.83. The molecule has 3 N–H and O–H groups in total. The number of nitrogens with two attached hydrogens (primary N) is 1. The number of benzene rings is 1. The van der Waals surface area contributed by atoms with Gasteiger partial charge in [0.2, 0.25) is 0 Å². The minimum atomic E-state index is -3.73. The van der Waals surface area contributed by atoms with Crippen LogP contribution >= 0.6 is 22.9 Å². The Balaban J connectivity index is 2.07. The van der Waals surface area contributed by atoms with Gasteiger partial charge in [0.15, 0.2) is 0 Å². The van der Waals surface area contributed by atoms with Crippen molar-refractivity contribution in [3.05, 3.63) is 47.0 Å². The minimum absolute atomic E-state index is 0.190. The topological polar surface area (TPSA) is 85.1 Å². The third kappa shape index (κ3) is 2.75. The molecule has 0 saturated carbocycles. The van der Waals surface area contributed by atoms with E-state index in [1.165, 1.54) is 11.3 Å². The van der Waals surface area contributed by atoms with Crippen molar-refractivity contribution in [2.24, 2.45) is 0 Å². The monoisotopic (exact) mass is 353 g/mol. The molecule has 5 nitrogen and oxygen atoms in total. The molecule has 114 valence electrons. The van der Waals surface area contributed by atoms with E-state index in [0.29, 0.717) is 10.6 Å². The van der Waals surface area contributed by atoms with Crippen LogP contribution in [-0.4, -0.2) is 13.4 Å². The van der Waals surface area contributed by atoms with Crippen molar-refractivity contribution in [2.75, 3.05) is 10.5 Å². The van der Waals surface area contributed by atoms with Crippen LogP contribution in [0.1, 0.15) is 5.56 Å². The van der Waals surface area contributed by atoms with Gasteiger partial charge in [-0.05, 0) is 48.2 Å². The molecule has 0 aliphatic heterocycles. The van der Waals surface area contributed by atoms with E-state index in [1.54, 1.807) is 37.3 Å². The number of aromatic nitrogens is 1. The summed E-state index contributed by atoms with van der Waals surface area (Å²) >= 11 is 7.17. The number of fused-ring (bicyclic) bond motifs is 1. The lowest BCUT2D eigenvalue weighted by molar-refractivity contribution is 0.602. The van der Waals surface area contributed by atoms with Crippen molar-refractivity contribution in [2.45, 2.75) is 11.1 Å². The molecule has 2 aromatic heterocycles. The second-order valence-electron chi connectivity index (χ2n) is 4.71. The molecule has 3 rings (SSSR count). The fourth-order valence-corrected chi connectivity index (χ4v) is 5.04. The van der Waals surface area contributed by atoms with E-state index in [-0.39, 0.29) is 15.8 Å². The zero-order valence-electron chi connectivity index (χ0n) is 11.5. The lowest BCUT2D eigenvalue weighted by Crippen LogP contribution is -2.13. The predicted molar refractivity (Wildman–Crippen MR) is 91.0 cm³/mol. The molecule has 0 spiro atoms. The number of hydrogen-bond donors (Lipinski definition) is 2. The number of anilines is 2. The molecule has 0 radical (unpaired) electrons. The summed E-state index contributed by atoms with van der Waals surface area (Å²) in [6.07, 6.45) is 0. The van der Waals surface area contributed by atoms with E-state index < -0.39 is 10.0 Å². The summed E-state index contributed by atoms with van der Waals surface area (Å²) in [7, 11) is -3.73. The maximum absolute atomic E-state index is 12.6. The summed E-state index contributed by atoms with van der Waals surface area (Å²) in [5.74, 6) is 0.440. The number of pyridine rings is 1. The van der Waals surface area contributed by atoms with Crippen molar-refractivity contribution < 1.29 is 8.42 Å². The molecule has 0 saturated heterocycles. The second-order valence-corrected chi connectivity index (χ2v) is 8.07. The molecule has 2 heterocycles. The van der Waals surface area contributed by atoms with Gasteiger partial charge in [-0.3, -0.25) is 4.72 Å². The Morgan fingerprint density at radius 1 is 1.27 bits per heavy atom. The fraction of sp³-hybridized carbons (Fsp3) is 0.0714. The van der Waals surface area contributed by atoms with Crippen LogP contribution in [0.4, 0.5) is 11.6 Å². The molecular weight excluding hydrogens is 342 g/mol. The molecule has 8 heteroatoms. The van der Waals surface area contributed by atoms with Gasteiger partial charge in [0.05, 0.1) is 0 Å². The van der Waals surface area contributed by atoms with E-state index in [2.05, 4.69) is 9.71 Å². The van der Waals surface area contributed by atoms with Gasteiger partial charge >= 0.3 is 0 Å². The first-order valence-corrected chi connectivity index (χ1v) is 8.98. The number of aryl methyl sites for hydroxylation is 1. The number of thiophene rings is 1. The maximum Gasteiger partial charge on any atom is 0.272 e. The Bertz CT molecular complexity index is 967. The summed E-state index contributed by atoms with van der Waals surface area (Å²) in [5, 5.41) is 1.40. The number of rotatable bonds is 3. The SMILES string of the molecule is Cc1c(S(=O)(=O)Nc2cccc(N)n2)sc2ccc(Cl)cc12. The van der Waals surface area contributed by atoms with Crippen LogP contribution in [0.3, 0.4) is 0 Å². The van der Waals surface area contributed by atoms with Crippen molar-refractivity contribution in [3.63, 3.8) is 0 Å². The molecular formula is C14H12ClN3O2S2. The highest BCUT2D eigenvalue weighted by Gasteiger charge is 2.22. The number of sulfonamides is 1. The van der Waals surface area contributed by atoms with E-state index >= 15 is 0 Å². The fourth-order valence-electron chi connectivity index (χ4n) is 2.12. The van der Waals surface area contributed by atoms with Crippen molar-refractivity contribution in [1.29, 1.82) is 0 Å². The molecule has 0 atom stereocenters. The molecule has 0 fully saturated rings. The van der Waals surface area contributed by atoms with Gasteiger partial charge in [0, 0.05) is 9.72 Å². The molecule has 22 heavy (non-hydrogen) atoms. The van der Waals surface area contributed by atoms with Gasteiger partial charge in [0.25, 0.3) is 10.0 Å². The molecule has 3 aromatic rings. The van der Waals surface area contributed by atoms with E-state index in [1.807, 2.05) is 6.07 Å². The van der Waals surface area contributed by atoms with Gasteiger partial charge in [-0.25, -0.2) is 13.4 Å². The Labute approximate surface area is 136 Å². The summed E-state index contributed by atoms with van der Waals surface area (Å²) in [4.78, 5) is 3.95. The number of nitrogens with one attached hydrogen (secondary N) is 1. The largest absolute Gasteiger partial charge is 0.384 e. The summed E-state index contributed by atoms with van der Waals surface area (Å²) in [5.41, 5.74) is 6.23. The summed E-state index contributed by atoms with van der Waals surface area (Å²) < 4.78 is 28.7. The summed E-state index contributed by atoms with van der Waals surface area (Å²) in [6, 6.07) is 10.1. The lowest BCUT2D eigenvalue weighted by Gasteiger charge is -2.06. The van der Waals surface area contributed by atoms with Crippen LogP contribution in [0.15, 0.2) is 40.6 Å². The van der Waals surface area contributed by atoms with Crippen molar-refractivity contribution >= 4 is 54.7 Å². The molecule has 0 unspecified atom stereocenters. The van der Waals surface area contributed by atoms with Crippen molar-refractivity contribution in [3.8, 4) is 0 Å². The number of nitrogens with zero attached hydrogens (tertiary/aromatic N) is 1. The number of halogens is 1. The van der Waals surface area contributed by atoms with Gasteiger partial charge in [0.1, 0.15) is 15.8 Å². The molecule has 1 aromatic carbocycles. The van der Waals surface area contributed by atoms with Gasteiger partial charge in [-0.15, -0.1) is 11.3 Å². The summed E-state index contributed by atoms with van der Waals surface area (Å²) in [6.45, 7) is 1.76. The van der Waals surface area contributed by atoms with Crippen molar-refractivity contribution in [1.82, 2.24) is 4.98 Å². The van der Waals surface area contributed by atoms with Gasteiger partial charge in [-0.1, -0.05) is 17.7 Å². The highest BCUT2D eigenvalue weighted by molar-refractivity contribution is 7.94. The third-order valence-corrected chi connectivity index (χ3v) is 6.59. The van der Waals surface area contributed by atoms with E-state index in [9.17, 15) is 8.42 Å². The first-order chi connectivity index (χ1) is 10.4. The zero-order valence-corrected chi connectivity index (χ0v) is 13.9. The number of nitrogen functional groups attached to an aromatic ring is 1. The Kier molecular flexibility index (Phi) is 3.72. The van der Waals surface area contributed by atoms with Crippen LogP contribution in [0.25, 0.3) is 10.1 Å². The first kappa shape index (κ1) is 15.1. The average molecular weight is 354 g/mol. The smallest absolute Gasteiger partial charge is 0.272 e. The Morgan fingerprint density at radius 2 is 2.05 bits per heavy atom. The molecule has 0 amide bonds. The maximum atomic E-state index is 12.6. The average Bonchev–Trinajstić information content (AvgIpc) is 2.76. The predicted octanol–water partition coefficient (Wildman–Crippen LogP) is 3.64. The van der Waals surface area contributed by atoms with Crippen LogP contribution in [0.5, 0.6) is 0 Å². The standard InChI is InChI=1S/C14H12ClN3O2S2/c1-8-10-7-9(15)5-6-11(10)21-14(8)22(19,20)18-13-4-2-3-12(16)17-13/h2-7H,1H3,(H3,16,17,18). The van der Waals surface area contributed by atoms with Gasteiger partial charge < -0.3 is 5.73 Å². The van der Waals surface area contributed by atoms with Crippen LogP contribution in [0.2, 0.25) is 5.02 Å². The van der Waals surface area contributed by atoms with E-state index in [0.717, 1.165) is 10.1 Å².